The maximum atomic E-state index is 13.3. The third kappa shape index (κ3) is 3.73. The van der Waals surface area contributed by atoms with Gasteiger partial charge in [-0.25, -0.2) is 0 Å². The molecule has 2 saturated carbocycles. The van der Waals surface area contributed by atoms with Crippen LogP contribution in [-0.2, 0) is 6.42 Å². The van der Waals surface area contributed by atoms with Gasteiger partial charge in [-0.2, -0.15) is 0 Å². The summed E-state index contributed by atoms with van der Waals surface area (Å²) in [6.45, 7) is 3.00. The first-order valence-corrected chi connectivity index (χ1v) is 12.2. The van der Waals surface area contributed by atoms with Gasteiger partial charge in [-0.1, -0.05) is 30.7 Å². The molecule has 1 N–H and O–H groups in total. The molecular formula is C27H31N3O2. The molecule has 1 atom stereocenters. The van der Waals surface area contributed by atoms with Gasteiger partial charge in [0.05, 0.1) is 0 Å². The normalized spacial score (nSPS) is 23.7. The molecule has 5 nitrogen and oxygen atoms in total. The second-order valence-corrected chi connectivity index (χ2v) is 9.97. The van der Waals surface area contributed by atoms with E-state index >= 15 is 0 Å². The van der Waals surface area contributed by atoms with Crippen molar-refractivity contribution in [1.82, 2.24) is 15.1 Å². The lowest BCUT2D eigenvalue weighted by Gasteiger charge is -2.37. The van der Waals surface area contributed by atoms with Crippen molar-refractivity contribution in [2.75, 3.05) is 19.6 Å². The summed E-state index contributed by atoms with van der Waals surface area (Å²) in [6, 6.07) is 15.5. The van der Waals surface area contributed by atoms with Crippen LogP contribution >= 0.6 is 0 Å². The Balaban J connectivity index is 1.15. The van der Waals surface area contributed by atoms with Crippen LogP contribution in [0.15, 0.2) is 42.5 Å². The first-order chi connectivity index (χ1) is 15.7. The number of nitrogens with one attached hydrogen (secondary N) is 1. The molecule has 2 amide bonds. The van der Waals surface area contributed by atoms with Crippen molar-refractivity contribution in [1.29, 1.82) is 0 Å². The highest BCUT2D eigenvalue weighted by atomic mass is 16.2. The summed E-state index contributed by atoms with van der Waals surface area (Å²) < 4.78 is 0. The Morgan fingerprint density at radius 2 is 1.66 bits per heavy atom. The first kappa shape index (κ1) is 20.0. The fraction of sp³-hybridized carbons (Fsp3) is 0.481. The Bertz CT molecular complexity index is 1040. The molecule has 3 fully saturated rings. The third-order valence-electron chi connectivity index (χ3n) is 7.84. The van der Waals surface area contributed by atoms with Crippen LogP contribution in [0.25, 0.3) is 11.1 Å². The number of carbonyl (C=O) groups excluding carboxylic acids is 2. The van der Waals surface area contributed by atoms with E-state index in [2.05, 4.69) is 27.2 Å². The molecule has 2 aromatic carbocycles. The van der Waals surface area contributed by atoms with Crippen molar-refractivity contribution in [2.45, 2.75) is 63.1 Å². The van der Waals surface area contributed by atoms with Crippen molar-refractivity contribution in [3.05, 3.63) is 59.2 Å². The summed E-state index contributed by atoms with van der Waals surface area (Å²) in [6.07, 6.45) is 8.23. The fourth-order valence-electron chi connectivity index (χ4n) is 5.45. The zero-order chi connectivity index (χ0) is 21.7. The summed E-state index contributed by atoms with van der Waals surface area (Å²) >= 11 is 0. The third-order valence-corrected chi connectivity index (χ3v) is 7.84. The van der Waals surface area contributed by atoms with Crippen LogP contribution in [0.5, 0.6) is 0 Å². The van der Waals surface area contributed by atoms with Crippen LogP contribution in [0, 0.1) is 0 Å². The van der Waals surface area contributed by atoms with E-state index in [9.17, 15) is 9.59 Å². The number of nitrogens with zero attached hydrogens (tertiary/aromatic N) is 2. The van der Waals surface area contributed by atoms with E-state index in [-0.39, 0.29) is 11.8 Å². The van der Waals surface area contributed by atoms with Crippen LogP contribution in [-0.4, -0.2) is 59.4 Å². The van der Waals surface area contributed by atoms with Gasteiger partial charge in [0.25, 0.3) is 11.8 Å². The highest BCUT2D eigenvalue weighted by molar-refractivity contribution is 5.98. The number of carbonyl (C=O) groups is 2. The van der Waals surface area contributed by atoms with E-state index < -0.39 is 0 Å². The quantitative estimate of drug-likeness (QED) is 0.785. The molecule has 2 aliphatic carbocycles. The minimum atomic E-state index is 0.0120. The van der Waals surface area contributed by atoms with Crippen LogP contribution in [0.3, 0.4) is 0 Å². The van der Waals surface area contributed by atoms with Gasteiger partial charge in [-0.05, 0) is 73.4 Å². The summed E-state index contributed by atoms with van der Waals surface area (Å²) in [7, 11) is 0. The van der Waals surface area contributed by atoms with E-state index in [0.717, 1.165) is 73.6 Å². The van der Waals surface area contributed by atoms with E-state index in [1.165, 1.54) is 19.3 Å². The Labute approximate surface area is 189 Å². The van der Waals surface area contributed by atoms with Gasteiger partial charge in [-0.3, -0.25) is 14.5 Å². The van der Waals surface area contributed by atoms with Crippen LogP contribution in [0.4, 0.5) is 0 Å². The predicted octanol–water partition coefficient (Wildman–Crippen LogP) is 3.87. The summed E-state index contributed by atoms with van der Waals surface area (Å²) in [5.74, 6) is 0.211. The lowest BCUT2D eigenvalue weighted by molar-refractivity contribution is 0.0646. The van der Waals surface area contributed by atoms with Gasteiger partial charge in [-0.15, -0.1) is 0 Å². The molecular weight excluding hydrogens is 398 g/mol. The van der Waals surface area contributed by atoms with Gasteiger partial charge >= 0.3 is 0 Å². The van der Waals surface area contributed by atoms with E-state index in [1.54, 1.807) is 0 Å². The van der Waals surface area contributed by atoms with Crippen molar-refractivity contribution < 1.29 is 9.59 Å². The molecule has 0 spiro atoms. The molecule has 32 heavy (non-hydrogen) atoms. The highest BCUT2D eigenvalue weighted by Crippen LogP contribution is 2.32. The average molecular weight is 430 g/mol. The number of fused-ring (bicyclic) bond motifs is 1. The van der Waals surface area contributed by atoms with Crippen molar-refractivity contribution in [3.8, 4) is 11.1 Å². The van der Waals surface area contributed by atoms with Gasteiger partial charge in [0.15, 0.2) is 0 Å². The van der Waals surface area contributed by atoms with Gasteiger partial charge < -0.3 is 10.2 Å². The zero-order valence-electron chi connectivity index (χ0n) is 18.6. The van der Waals surface area contributed by atoms with Gasteiger partial charge in [0, 0.05) is 48.9 Å². The second kappa shape index (κ2) is 8.04. The minimum absolute atomic E-state index is 0.0120. The Hall–Kier alpha value is -2.66. The maximum absolute atomic E-state index is 13.3. The number of hydrogen-bond donors (Lipinski definition) is 1. The molecule has 0 radical (unpaired) electrons. The molecule has 6 rings (SSSR count). The molecule has 2 heterocycles. The van der Waals surface area contributed by atoms with Crippen LogP contribution < -0.4 is 5.32 Å². The Morgan fingerprint density at radius 1 is 0.875 bits per heavy atom. The van der Waals surface area contributed by atoms with Gasteiger partial charge in [0.1, 0.15) is 0 Å². The molecule has 4 aliphatic rings. The van der Waals surface area contributed by atoms with Crippen molar-refractivity contribution in [2.24, 2.45) is 0 Å². The monoisotopic (exact) mass is 429 g/mol. The number of rotatable bonds is 5. The lowest BCUT2D eigenvalue weighted by Crippen LogP contribution is -2.47. The average Bonchev–Trinajstić information content (AvgIpc) is 3.47. The van der Waals surface area contributed by atoms with Crippen LogP contribution in [0.1, 0.15) is 64.8 Å². The standard InChI is InChI=1S/C27H31N3O2/c31-26(28-22-9-10-22)19-6-4-18(5-7-19)20-8-11-25-21(16-20)12-15-30(27(25)32)24-13-14-29(17-24)23-2-1-3-23/h4-8,11,16,22-24H,1-3,9-10,12-15,17H2,(H,28,31)/t24-/m1/s1. The van der Waals surface area contributed by atoms with E-state index in [4.69, 9.17) is 0 Å². The van der Waals surface area contributed by atoms with E-state index in [0.29, 0.717) is 17.6 Å². The molecule has 0 unspecified atom stereocenters. The maximum Gasteiger partial charge on any atom is 0.254 e. The van der Waals surface area contributed by atoms with Crippen molar-refractivity contribution >= 4 is 11.8 Å². The summed E-state index contributed by atoms with van der Waals surface area (Å²) in [4.78, 5) is 30.3. The molecule has 2 aliphatic heterocycles. The first-order valence-electron chi connectivity index (χ1n) is 12.2. The predicted molar refractivity (Wildman–Crippen MR) is 125 cm³/mol. The van der Waals surface area contributed by atoms with Crippen LogP contribution in [0.2, 0.25) is 0 Å². The molecule has 2 aromatic rings. The van der Waals surface area contributed by atoms with E-state index in [1.807, 2.05) is 30.3 Å². The number of likely N-dealkylation sites (tertiary alicyclic amines) is 1. The largest absolute Gasteiger partial charge is 0.349 e. The summed E-state index contributed by atoms with van der Waals surface area (Å²) in [5.41, 5.74) is 4.90. The molecule has 5 heteroatoms. The highest BCUT2D eigenvalue weighted by Gasteiger charge is 2.37. The molecule has 0 bridgehead atoms. The SMILES string of the molecule is O=C(NC1CC1)c1ccc(-c2ccc3c(c2)CCN([C@@H]2CCN(C4CCC4)C2)C3=O)cc1. The zero-order valence-corrected chi connectivity index (χ0v) is 18.6. The number of hydrogen-bond acceptors (Lipinski definition) is 3. The van der Waals surface area contributed by atoms with Crippen molar-refractivity contribution in [3.63, 3.8) is 0 Å². The molecule has 166 valence electrons. The summed E-state index contributed by atoms with van der Waals surface area (Å²) in [5, 5.41) is 3.03. The Kier molecular flexibility index (Phi) is 5.02. The minimum Gasteiger partial charge on any atom is -0.349 e. The topological polar surface area (TPSA) is 52.7 Å². The number of amides is 2. The second-order valence-electron chi connectivity index (χ2n) is 9.97. The van der Waals surface area contributed by atoms with Gasteiger partial charge in [0.2, 0.25) is 0 Å². The Morgan fingerprint density at radius 3 is 2.38 bits per heavy atom. The fourth-order valence-corrected chi connectivity index (χ4v) is 5.45. The lowest BCUT2D eigenvalue weighted by atomic mass is 9.92. The number of benzene rings is 2. The smallest absolute Gasteiger partial charge is 0.254 e. The molecule has 1 saturated heterocycles. The molecule has 0 aromatic heterocycles.